The number of carbonyl (C=O) groups excluding carboxylic acids is 1. The third-order valence-corrected chi connectivity index (χ3v) is 3.21. The molecule has 1 amide bonds. The zero-order valence-electron chi connectivity index (χ0n) is 5.86. The van der Waals surface area contributed by atoms with Gasteiger partial charge < -0.3 is 16.4 Å². The number of nitrogens with zero attached hydrogens (tertiary/aromatic N) is 1. The molecule has 0 aromatic rings. The predicted molar refractivity (Wildman–Crippen MR) is 43.3 cm³/mol. The first-order valence-corrected chi connectivity index (χ1v) is 4.40. The quantitative estimate of drug-likeness (QED) is 0.460. The Bertz CT molecular complexity index is 240. The molecule has 5 heteroatoms. The van der Waals surface area contributed by atoms with E-state index in [4.69, 9.17) is 11.5 Å². The van der Waals surface area contributed by atoms with Gasteiger partial charge in [0.15, 0.2) is 0 Å². The lowest BCUT2D eigenvalue weighted by Gasteiger charge is -2.45. The van der Waals surface area contributed by atoms with E-state index in [2.05, 4.69) is 0 Å². The molecule has 2 aliphatic rings. The summed E-state index contributed by atoms with van der Waals surface area (Å²) in [5, 5.41) is 0.134. The van der Waals surface area contributed by atoms with Crippen LogP contribution in [0.5, 0.6) is 0 Å². The van der Waals surface area contributed by atoms with E-state index in [1.165, 1.54) is 0 Å². The minimum Gasteiger partial charge on any atom is -0.400 e. The largest absolute Gasteiger partial charge is 0.400 e. The third-order valence-electron chi connectivity index (χ3n) is 1.85. The second-order valence-electron chi connectivity index (χ2n) is 2.68. The van der Waals surface area contributed by atoms with Crippen LogP contribution in [0.2, 0.25) is 0 Å². The number of hydrogen-bond acceptors (Lipinski definition) is 4. The highest BCUT2D eigenvalue weighted by Crippen LogP contribution is 2.33. The fourth-order valence-electron chi connectivity index (χ4n) is 1.23. The molecule has 0 radical (unpaired) electrons. The van der Waals surface area contributed by atoms with Crippen molar-refractivity contribution in [2.24, 2.45) is 11.5 Å². The van der Waals surface area contributed by atoms with E-state index in [1.807, 2.05) is 0 Å². The van der Waals surface area contributed by atoms with Gasteiger partial charge in [-0.3, -0.25) is 4.79 Å². The Kier molecular flexibility index (Phi) is 1.37. The number of amides is 1. The monoisotopic (exact) mass is 171 g/mol. The van der Waals surface area contributed by atoms with Gasteiger partial charge in [-0.05, 0) is 0 Å². The Morgan fingerprint density at radius 1 is 1.73 bits per heavy atom. The van der Waals surface area contributed by atoms with Crippen LogP contribution >= 0.6 is 11.8 Å². The highest BCUT2D eigenvalue weighted by molar-refractivity contribution is 8.00. The highest BCUT2D eigenvalue weighted by Gasteiger charge is 2.45. The van der Waals surface area contributed by atoms with Crippen molar-refractivity contribution in [3.63, 3.8) is 0 Å². The van der Waals surface area contributed by atoms with Gasteiger partial charge in [-0.1, -0.05) is 0 Å². The predicted octanol–water partition coefficient (Wildman–Crippen LogP) is -0.971. The van der Waals surface area contributed by atoms with E-state index < -0.39 is 0 Å². The number of hydrogen-bond donors (Lipinski definition) is 2. The molecule has 11 heavy (non-hydrogen) atoms. The summed E-state index contributed by atoms with van der Waals surface area (Å²) >= 11 is 1.62. The summed E-state index contributed by atoms with van der Waals surface area (Å²) in [6.45, 7) is 0. The van der Waals surface area contributed by atoms with Crippen LogP contribution < -0.4 is 11.5 Å². The average Bonchev–Trinajstić information content (AvgIpc) is 2.03. The van der Waals surface area contributed by atoms with E-state index in [1.54, 1.807) is 22.9 Å². The molecule has 0 saturated carbocycles. The fraction of sp³-hybridized carbons (Fsp3) is 0.500. The minimum atomic E-state index is -0.315. The fourth-order valence-corrected chi connectivity index (χ4v) is 2.32. The van der Waals surface area contributed by atoms with E-state index in [9.17, 15) is 4.79 Å². The molecular weight excluding hydrogens is 162 g/mol. The topological polar surface area (TPSA) is 72.3 Å². The van der Waals surface area contributed by atoms with Crippen molar-refractivity contribution in [2.45, 2.75) is 11.4 Å². The van der Waals surface area contributed by atoms with Crippen LogP contribution in [-0.4, -0.2) is 28.0 Å². The van der Waals surface area contributed by atoms with Crippen molar-refractivity contribution in [1.29, 1.82) is 0 Å². The molecule has 0 aromatic carbocycles. The van der Waals surface area contributed by atoms with Gasteiger partial charge in [-0.2, -0.15) is 0 Å². The molecule has 2 atom stereocenters. The maximum absolute atomic E-state index is 11.0. The van der Waals surface area contributed by atoms with Crippen molar-refractivity contribution >= 4 is 17.7 Å². The van der Waals surface area contributed by atoms with Gasteiger partial charge in [0.1, 0.15) is 11.4 Å². The molecular formula is C6H9N3OS. The van der Waals surface area contributed by atoms with Crippen molar-refractivity contribution in [3.8, 4) is 0 Å². The highest BCUT2D eigenvalue weighted by atomic mass is 32.2. The SMILES string of the molecule is NC1=CN2C(=O)C(N)[C@@H]2SC1. The molecule has 4 nitrogen and oxygen atoms in total. The number of rotatable bonds is 0. The summed E-state index contributed by atoms with van der Waals surface area (Å²) in [4.78, 5) is 12.6. The van der Waals surface area contributed by atoms with Crippen molar-refractivity contribution in [2.75, 3.05) is 5.75 Å². The molecule has 60 valence electrons. The molecule has 2 rings (SSSR count). The second kappa shape index (κ2) is 2.15. The summed E-state index contributed by atoms with van der Waals surface area (Å²) in [5.74, 6) is 0.757. The molecule has 2 aliphatic heterocycles. The number of thioether (sulfide) groups is 1. The summed E-state index contributed by atoms with van der Waals surface area (Å²) < 4.78 is 0. The van der Waals surface area contributed by atoms with Crippen molar-refractivity contribution < 1.29 is 4.79 Å². The van der Waals surface area contributed by atoms with Crippen LogP contribution in [0, 0.1) is 0 Å². The Morgan fingerprint density at radius 2 is 2.45 bits per heavy atom. The van der Waals surface area contributed by atoms with E-state index in [0.717, 1.165) is 11.4 Å². The summed E-state index contributed by atoms with van der Waals surface area (Å²) in [5.41, 5.74) is 11.8. The standard InChI is InChI=1S/C6H9N3OS/c7-3-1-9-5(10)4(8)6(9)11-2-3/h1,4,6H,2,7-8H2/t4?,6-/m0/s1. The van der Waals surface area contributed by atoms with Crippen LogP contribution in [0.4, 0.5) is 0 Å². The van der Waals surface area contributed by atoms with Crippen LogP contribution in [0.1, 0.15) is 0 Å². The molecule has 1 saturated heterocycles. The van der Waals surface area contributed by atoms with Gasteiger partial charge in [0.2, 0.25) is 5.91 Å². The zero-order valence-corrected chi connectivity index (χ0v) is 6.67. The maximum atomic E-state index is 11.0. The Labute approximate surface area is 68.6 Å². The first kappa shape index (κ1) is 7.00. The van der Waals surface area contributed by atoms with Gasteiger partial charge in [0.25, 0.3) is 0 Å². The van der Waals surface area contributed by atoms with Crippen LogP contribution in [0.15, 0.2) is 11.9 Å². The van der Waals surface area contributed by atoms with Gasteiger partial charge in [0.05, 0.1) is 0 Å². The molecule has 4 N–H and O–H groups in total. The van der Waals surface area contributed by atoms with E-state index in [-0.39, 0.29) is 17.3 Å². The molecule has 0 aromatic heterocycles. The molecule has 1 unspecified atom stereocenters. The molecule has 0 bridgehead atoms. The van der Waals surface area contributed by atoms with Gasteiger partial charge >= 0.3 is 0 Å². The lowest BCUT2D eigenvalue weighted by Crippen LogP contribution is -2.66. The average molecular weight is 171 g/mol. The van der Waals surface area contributed by atoms with Crippen LogP contribution in [0.3, 0.4) is 0 Å². The first-order chi connectivity index (χ1) is 5.20. The number of fused-ring (bicyclic) bond motifs is 1. The smallest absolute Gasteiger partial charge is 0.247 e. The third kappa shape index (κ3) is 0.844. The van der Waals surface area contributed by atoms with Crippen molar-refractivity contribution in [3.05, 3.63) is 11.9 Å². The number of carbonyl (C=O) groups is 1. The summed E-state index contributed by atoms with van der Waals surface area (Å²) in [7, 11) is 0. The lowest BCUT2D eigenvalue weighted by molar-refractivity contribution is -0.140. The van der Waals surface area contributed by atoms with E-state index in [0.29, 0.717) is 0 Å². The molecule has 2 heterocycles. The Hall–Kier alpha value is -0.680. The minimum absolute atomic E-state index is 0.0230. The zero-order chi connectivity index (χ0) is 8.01. The first-order valence-electron chi connectivity index (χ1n) is 3.35. The maximum Gasteiger partial charge on any atom is 0.247 e. The van der Waals surface area contributed by atoms with Gasteiger partial charge in [0, 0.05) is 17.6 Å². The Balaban J connectivity index is 2.20. The molecule has 0 aliphatic carbocycles. The Morgan fingerprint density at radius 3 is 3.18 bits per heavy atom. The second-order valence-corrected chi connectivity index (χ2v) is 3.78. The summed E-state index contributed by atoms with van der Waals surface area (Å²) in [6, 6.07) is -0.315. The normalized spacial score (nSPS) is 35.9. The molecule has 0 spiro atoms. The van der Waals surface area contributed by atoms with E-state index >= 15 is 0 Å². The van der Waals surface area contributed by atoms with Crippen LogP contribution in [0.25, 0.3) is 0 Å². The van der Waals surface area contributed by atoms with Crippen LogP contribution in [-0.2, 0) is 4.79 Å². The summed E-state index contributed by atoms with van der Waals surface area (Å²) in [6.07, 6.45) is 1.69. The lowest BCUT2D eigenvalue weighted by atomic mass is 10.1. The number of nitrogens with two attached hydrogens (primary N) is 2. The molecule has 1 fully saturated rings. The van der Waals surface area contributed by atoms with Crippen molar-refractivity contribution in [1.82, 2.24) is 4.90 Å². The van der Waals surface area contributed by atoms with Gasteiger partial charge in [-0.15, -0.1) is 11.8 Å². The number of β-lactam (4-membered cyclic amide) rings is 1. The van der Waals surface area contributed by atoms with Gasteiger partial charge in [-0.25, -0.2) is 0 Å².